The number of fused-ring (bicyclic) bond motifs is 2. The zero-order chi connectivity index (χ0) is 21.3. The van der Waals surface area contributed by atoms with Crippen LogP contribution in [0.1, 0.15) is 25.5 Å². The number of likely N-dealkylation sites (tertiary alicyclic amines) is 1. The topological polar surface area (TPSA) is 39.0 Å². The third kappa shape index (κ3) is 3.86. The standard InChI is InChI=1S/C21H20ClN3O2S.C2H6/c1-13-3-5-18-16(7-13)17(22)11-25(18)15-9-24(10-15)21(28-2)23-14-4-6-19-20(8-14)27-12-26-19;1-2/h3-8,11,15H,9-10,12H2,1-2H3;1-2H3. The highest BCUT2D eigenvalue weighted by Crippen LogP contribution is 2.37. The highest BCUT2D eigenvalue weighted by Gasteiger charge is 2.31. The van der Waals surface area contributed by atoms with Crippen molar-refractivity contribution in [1.82, 2.24) is 9.47 Å². The van der Waals surface area contributed by atoms with E-state index < -0.39 is 0 Å². The van der Waals surface area contributed by atoms with Gasteiger partial charge in [0, 0.05) is 36.3 Å². The van der Waals surface area contributed by atoms with E-state index in [1.807, 2.05) is 32.0 Å². The van der Waals surface area contributed by atoms with Crippen LogP contribution in [0.2, 0.25) is 5.02 Å². The Hall–Kier alpha value is -2.31. The Balaban J connectivity index is 0.00000106. The van der Waals surface area contributed by atoms with Gasteiger partial charge in [0.25, 0.3) is 0 Å². The van der Waals surface area contributed by atoms with Crippen molar-refractivity contribution in [3.05, 3.63) is 53.2 Å². The lowest BCUT2D eigenvalue weighted by molar-refractivity contribution is 0.174. The third-order valence-electron chi connectivity index (χ3n) is 5.23. The van der Waals surface area contributed by atoms with Gasteiger partial charge >= 0.3 is 0 Å². The maximum absolute atomic E-state index is 6.47. The van der Waals surface area contributed by atoms with Gasteiger partial charge in [0.2, 0.25) is 6.79 Å². The van der Waals surface area contributed by atoms with Gasteiger partial charge in [-0.05, 0) is 37.4 Å². The zero-order valence-corrected chi connectivity index (χ0v) is 19.3. The van der Waals surface area contributed by atoms with E-state index in [2.05, 4.69) is 47.0 Å². The van der Waals surface area contributed by atoms with E-state index in [9.17, 15) is 0 Å². The molecule has 0 radical (unpaired) electrons. The fourth-order valence-corrected chi connectivity index (χ4v) is 4.59. The molecule has 0 amide bonds. The lowest BCUT2D eigenvalue weighted by Gasteiger charge is -2.41. The molecule has 3 heterocycles. The monoisotopic (exact) mass is 443 g/mol. The predicted octanol–water partition coefficient (Wildman–Crippen LogP) is 6.27. The van der Waals surface area contributed by atoms with Crippen molar-refractivity contribution in [3.8, 4) is 11.5 Å². The summed E-state index contributed by atoms with van der Waals surface area (Å²) in [7, 11) is 0. The van der Waals surface area contributed by atoms with E-state index in [0.29, 0.717) is 6.04 Å². The average molecular weight is 444 g/mol. The van der Waals surface area contributed by atoms with Crippen LogP contribution in [0.3, 0.4) is 0 Å². The van der Waals surface area contributed by atoms with E-state index >= 15 is 0 Å². The largest absolute Gasteiger partial charge is 0.454 e. The highest BCUT2D eigenvalue weighted by atomic mass is 35.5. The van der Waals surface area contributed by atoms with Gasteiger partial charge < -0.3 is 18.9 Å². The maximum Gasteiger partial charge on any atom is 0.231 e. The Kier molecular flexibility index (Phi) is 6.16. The highest BCUT2D eigenvalue weighted by molar-refractivity contribution is 8.13. The van der Waals surface area contributed by atoms with Crippen LogP contribution in [-0.2, 0) is 0 Å². The van der Waals surface area contributed by atoms with E-state index in [1.54, 1.807) is 11.8 Å². The lowest BCUT2D eigenvalue weighted by Crippen LogP contribution is -2.49. The molecule has 0 unspecified atom stereocenters. The smallest absolute Gasteiger partial charge is 0.231 e. The normalized spacial score (nSPS) is 15.8. The predicted molar refractivity (Wildman–Crippen MR) is 127 cm³/mol. The number of ether oxygens (including phenoxy) is 2. The SMILES string of the molecule is CC.CSC(=Nc1ccc2c(c1)OCO2)N1CC(n2cc(Cl)c3cc(C)ccc32)C1. The summed E-state index contributed by atoms with van der Waals surface area (Å²) in [5.41, 5.74) is 3.29. The Labute approximate surface area is 186 Å². The Morgan fingerprint density at radius 1 is 1.10 bits per heavy atom. The first-order chi connectivity index (χ1) is 14.6. The van der Waals surface area contributed by atoms with Gasteiger partial charge in [-0.3, -0.25) is 0 Å². The fourth-order valence-electron chi connectivity index (χ4n) is 3.73. The molecule has 3 aromatic rings. The molecule has 1 aromatic heterocycles. The number of amidine groups is 1. The van der Waals surface area contributed by atoms with Crippen molar-refractivity contribution in [2.24, 2.45) is 4.99 Å². The summed E-state index contributed by atoms with van der Waals surface area (Å²) in [4.78, 5) is 7.12. The molecular formula is C23H26ClN3O2S. The molecule has 2 aliphatic rings. The minimum Gasteiger partial charge on any atom is -0.454 e. The van der Waals surface area contributed by atoms with Gasteiger partial charge in [-0.1, -0.05) is 48.8 Å². The van der Waals surface area contributed by atoms with Crippen molar-refractivity contribution in [3.63, 3.8) is 0 Å². The number of hydrogen-bond donors (Lipinski definition) is 0. The quantitative estimate of drug-likeness (QED) is 0.346. The van der Waals surface area contributed by atoms with Crippen molar-refractivity contribution in [2.45, 2.75) is 26.8 Å². The molecule has 5 rings (SSSR count). The molecule has 158 valence electrons. The summed E-state index contributed by atoms with van der Waals surface area (Å²) in [6.45, 7) is 8.20. The number of aliphatic imine (C=N–C) groups is 1. The van der Waals surface area contributed by atoms with Gasteiger partial charge in [-0.2, -0.15) is 0 Å². The summed E-state index contributed by atoms with van der Waals surface area (Å²) < 4.78 is 13.1. The van der Waals surface area contributed by atoms with Gasteiger partial charge in [-0.15, -0.1) is 0 Å². The first kappa shape index (κ1) is 20.9. The second kappa shape index (κ2) is 8.82. The molecule has 0 aliphatic carbocycles. The molecule has 7 heteroatoms. The molecule has 0 N–H and O–H groups in total. The number of thioether (sulfide) groups is 1. The van der Waals surface area contributed by atoms with Crippen molar-refractivity contribution >= 4 is 45.1 Å². The summed E-state index contributed by atoms with van der Waals surface area (Å²) in [5, 5.41) is 2.95. The second-order valence-corrected chi connectivity index (χ2v) is 8.28. The van der Waals surface area contributed by atoms with Crippen LogP contribution in [-0.4, -0.2) is 40.8 Å². The van der Waals surface area contributed by atoms with Gasteiger partial charge in [0.15, 0.2) is 16.7 Å². The van der Waals surface area contributed by atoms with Crippen molar-refractivity contribution in [1.29, 1.82) is 0 Å². The number of rotatable bonds is 2. The molecule has 0 bridgehead atoms. The number of nitrogens with zero attached hydrogens (tertiary/aromatic N) is 3. The van der Waals surface area contributed by atoms with E-state index in [4.69, 9.17) is 26.1 Å². The van der Waals surface area contributed by atoms with E-state index in [-0.39, 0.29) is 6.79 Å². The molecule has 0 spiro atoms. The molecule has 2 aliphatic heterocycles. The zero-order valence-electron chi connectivity index (χ0n) is 17.7. The van der Waals surface area contributed by atoms with Crippen LogP contribution >= 0.6 is 23.4 Å². The second-order valence-electron chi connectivity index (χ2n) is 7.10. The summed E-state index contributed by atoms with van der Waals surface area (Å²) in [5.74, 6) is 1.53. The summed E-state index contributed by atoms with van der Waals surface area (Å²) >= 11 is 8.13. The van der Waals surface area contributed by atoms with Crippen molar-refractivity contribution < 1.29 is 9.47 Å². The van der Waals surface area contributed by atoms with Gasteiger partial charge in [0.05, 0.1) is 16.8 Å². The molecular weight excluding hydrogens is 418 g/mol. The minimum absolute atomic E-state index is 0.276. The summed E-state index contributed by atoms with van der Waals surface area (Å²) in [6.07, 6.45) is 4.12. The van der Waals surface area contributed by atoms with Crippen LogP contribution < -0.4 is 9.47 Å². The van der Waals surface area contributed by atoms with E-state index in [1.165, 1.54) is 11.1 Å². The number of aromatic nitrogens is 1. The maximum atomic E-state index is 6.47. The van der Waals surface area contributed by atoms with Crippen molar-refractivity contribution in [2.75, 3.05) is 26.1 Å². The summed E-state index contributed by atoms with van der Waals surface area (Å²) in [6, 6.07) is 12.6. The molecule has 0 saturated carbocycles. The molecule has 30 heavy (non-hydrogen) atoms. The van der Waals surface area contributed by atoms with Gasteiger partial charge in [-0.25, -0.2) is 4.99 Å². The molecule has 2 aromatic carbocycles. The minimum atomic E-state index is 0.276. The molecule has 1 saturated heterocycles. The van der Waals surface area contributed by atoms with Crippen LogP contribution in [0.5, 0.6) is 11.5 Å². The van der Waals surface area contributed by atoms with Gasteiger partial charge in [0.1, 0.15) is 0 Å². The lowest BCUT2D eigenvalue weighted by atomic mass is 10.1. The third-order valence-corrected chi connectivity index (χ3v) is 6.25. The number of halogens is 1. The van der Waals surface area contributed by atoms with Crippen LogP contribution in [0.15, 0.2) is 47.6 Å². The molecule has 5 nitrogen and oxygen atoms in total. The van der Waals surface area contributed by atoms with Crippen LogP contribution in [0.25, 0.3) is 10.9 Å². The average Bonchev–Trinajstić information content (AvgIpc) is 3.32. The Morgan fingerprint density at radius 2 is 1.87 bits per heavy atom. The number of hydrogen-bond acceptors (Lipinski definition) is 4. The number of benzene rings is 2. The first-order valence-corrected chi connectivity index (χ1v) is 11.8. The molecule has 1 fully saturated rings. The first-order valence-electron chi connectivity index (χ1n) is 10.2. The Bertz CT molecular complexity index is 1090. The van der Waals surface area contributed by atoms with Crippen LogP contribution in [0.4, 0.5) is 5.69 Å². The van der Waals surface area contributed by atoms with E-state index in [0.717, 1.165) is 45.9 Å². The number of aryl methyl sites for hydroxylation is 1. The van der Waals surface area contributed by atoms with Crippen LogP contribution in [0, 0.1) is 6.92 Å². The Morgan fingerprint density at radius 3 is 2.63 bits per heavy atom. The molecule has 0 atom stereocenters. The fraction of sp³-hybridized carbons (Fsp3) is 0.348.